The summed E-state index contributed by atoms with van der Waals surface area (Å²) in [6, 6.07) is 10.2. The second kappa shape index (κ2) is 6.62. The van der Waals surface area contributed by atoms with Crippen LogP contribution in [0.15, 0.2) is 47.1 Å². The topological polar surface area (TPSA) is 61.0 Å². The van der Waals surface area contributed by atoms with Crippen LogP contribution in [0.2, 0.25) is 0 Å². The molecule has 0 saturated heterocycles. The van der Waals surface area contributed by atoms with E-state index in [1.807, 2.05) is 24.3 Å². The van der Waals surface area contributed by atoms with E-state index in [0.717, 1.165) is 11.1 Å². The molecule has 2 heterocycles. The molecule has 5 nitrogen and oxygen atoms in total. The Labute approximate surface area is 130 Å². The van der Waals surface area contributed by atoms with Crippen LogP contribution < -0.4 is 0 Å². The highest BCUT2D eigenvalue weighted by Crippen LogP contribution is 2.26. The fourth-order valence-electron chi connectivity index (χ4n) is 2.13. The molecule has 7 heteroatoms. The number of halogens is 2. The van der Waals surface area contributed by atoms with Crippen molar-refractivity contribution in [2.24, 2.45) is 0 Å². The molecule has 0 fully saturated rings. The van der Waals surface area contributed by atoms with Gasteiger partial charge in [0.1, 0.15) is 5.69 Å². The van der Waals surface area contributed by atoms with Crippen molar-refractivity contribution in [2.75, 3.05) is 7.11 Å². The third-order valence-corrected chi connectivity index (χ3v) is 3.24. The van der Waals surface area contributed by atoms with E-state index in [-0.39, 0.29) is 11.6 Å². The average molecular weight is 317 g/mol. The van der Waals surface area contributed by atoms with Crippen LogP contribution in [0.4, 0.5) is 8.78 Å². The molecule has 3 rings (SSSR count). The lowest BCUT2D eigenvalue weighted by Crippen LogP contribution is -1.93. The number of hydrogen-bond acceptors (Lipinski definition) is 5. The summed E-state index contributed by atoms with van der Waals surface area (Å²) in [4.78, 5) is 7.99. The van der Waals surface area contributed by atoms with Gasteiger partial charge in [-0.1, -0.05) is 29.4 Å². The zero-order chi connectivity index (χ0) is 16.2. The highest BCUT2D eigenvalue weighted by atomic mass is 19.3. The molecular weight excluding hydrogens is 304 g/mol. The first-order valence-corrected chi connectivity index (χ1v) is 6.84. The Morgan fingerprint density at radius 3 is 2.70 bits per heavy atom. The lowest BCUT2D eigenvalue weighted by Gasteiger charge is -2.04. The van der Waals surface area contributed by atoms with Gasteiger partial charge in [0.2, 0.25) is 5.82 Å². The first kappa shape index (κ1) is 15.2. The van der Waals surface area contributed by atoms with Crippen LogP contribution in [-0.4, -0.2) is 22.2 Å². The Morgan fingerprint density at radius 2 is 2.00 bits per heavy atom. The SMILES string of the molecule is COCc1ccccc1-c1noc(-c2ccc(C(F)F)nc2)n1. The van der Waals surface area contributed by atoms with Gasteiger partial charge in [0.25, 0.3) is 12.3 Å². The monoisotopic (exact) mass is 317 g/mol. The second-order valence-corrected chi connectivity index (χ2v) is 4.79. The van der Waals surface area contributed by atoms with Crippen molar-refractivity contribution >= 4 is 0 Å². The predicted molar refractivity (Wildman–Crippen MR) is 78.6 cm³/mol. The maximum atomic E-state index is 12.5. The Hall–Kier alpha value is -2.67. The largest absolute Gasteiger partial charge is 0.380 e. The molecule has 2 aromatic heterocycles. The first-order valence-electron chi connectivity index (χ1n) is 6.84. The van der Waals surface area contributed by atoms with E-state index in [9.17, 15) is 8.78 Å². The predicted octanol–water partition coefficient (Wildman–Crippen LogP) is 3.88. The Balaban J connectivity index is 1.91. The third kappa shape index (κ3) is 3.24. The van der Waals surface area contributed by atoms with Gasteiger partial charge in [0.05, 0.1) is 12.2 Å². The van der Waals surface area contributed by atoms with Gasteiger partial charge in [-0.3, -0.25) is 4.98 Å². The molecule has 0 aliphatic rings. The standard InChI is InChI=1S/C16H13F2N3O2/c1-22-9-11-4-2-3-5-12(11)15-20-16(23-21-15)10-6-7-13(14(17)18)19-8-10/h2-8,14H,9H2,1H3. The fourth-order valence-corrected chi connectivity index (χ4v) is 2.13. The van der Waals surface area contributed by atoms with Crippen LogP contribution in [0.3, 0.4) is 0 Å². The number of aromatic nitrogens is 3. The number of ether oxygens (including phenoxy) is 1. The molecule has 1 aromatic carbocycles. The average Bonchev–Trinajstić information content (AvgIpc) is 3.05. The van der Waals surface area contributed by atoms with E-state index in [4.69, 9.17) is 9.26 Å². The molecule has 118 valence electrons. The van der Waals surface area contributed by atoms with Crippen molar-refractivity contribution in [2.45, 2.75) is 13.0 Å². The van der Waals surface area contributed by atoms with Crippen LogP contribution in [0.5, 0.6) is 0 Å². The van der Waals surface area contributed by atoms with Crippen molar-refractivity contribution in [3.05, 3.63) is 53.9 Å². The van der Waals surface area contributed by atoms with Crippen LogP contribution in [-0.2, 0) is 11.3 Å². The molecule has 0 radical (unpaired) electrons. The van der Waals surface area contributed by atoms with Crippen molar-refractivity contribution in [1.82, 2.24) is 15.1 Å². The van der Waals surface area contributed by atoms with Gasteiger partial charge in [-0.15, -0.1) is 0 Å². The molecule has 0 aliphatic heterocycles. The number of hydrogen-bond donors (Lipinski definition) is 0. The molecule has 0 atom stereocenters. The van der Waals surface area contributed by atoms with Crippen LogP contribution in [0.25, 0.3) is 22.8 Å². The number of rotatable bonds is 5. The zero-order valence-corrected chi connectivity index (χ0v) is 12.2. The highest BCUT2D eigenvalue weighted by Gasteiger charge is 2.15. The molecular formula is C16H13F2N3O2. The number of pyridine rings is 1. The zero-order valence-electron chi connectivity index (χ0n) is 12.2. The quantitative estimate of drug-likeness (QED) is 0.714. The molecule has 0 bridgehead atoms. The normalized spacial score (nSPS) is 11.1. The minimum atomic E-state index is -2.61. The summed E-state index contributed by atoms with van der Waals surface area (Å²) in [7, 11) is 1.61. The summed E-state index contributed by atoms with van der Waals surface area (Å²) in [6.07, 6.45) is -1.32. The van der Waals surface area contributed by atoms with E-state index in [2.05, 4.69) is 15.1 Å². The van der Waals surface area contributed by atoms with Crippen LogP contribution >= 0.6 is 0 Å². The van der Waals surface area contributed by atoms with Gasteiger partial charge in [-0.05, 0) is 17.7 Å². The molecule has 0 saturated carbocycles. The minimum absolute atomic E-state index is 0.223. The third-order valence-electron chi connectivity index (χ3n) is 3.24. The number of alkyl halides is 2. The molecule has 23 heavy (non-hydrogen) atoms. The maximum absolute atomic E-state index is 12.5. The summed E-state index contributed by atoms with van der Waals surface area (Å²) >= 11 is 0. The Morgan fingerprint density at radius 1 is 1.17 bits per heavy atom. The van der Waals surface area contributed by atoms with Crippen molar-refractivity contribution in [3.8, 4) is 22.8 Å². The molecule has 0 unspecified atom stereocenters. The first-order chi connectivity index (χ1) is 11.2. The second-order valence-electron chi connectivity index (χ2n) is 4.79. The van der Waals surface area contributed by atoms with Gasteiger partial charge >= 0.3 is 0 Å². The highest BCUT2D eigenvalue weighted by molar-refractivity contribution is 5.62. The Bertz CT molecular complexity index is 788. The lowest BCUT2D eigenvalue weighted by molar-refractivity contribution is 0.146. The summed E-state index contributed by atoms with van der Waals surface area (Å²) < 4.78 is 35.4. The maximum Gasteiger partial charge on any atom is 0.280 e. The number of benzene rings is 1. The summed E-state index contributed by atoms with van der Waals surface area (Å²) in [6.45, 7) is 0.421. The molecule has 0 N–H and O–H groups in total. The lowest BCUT2D eigenvalue weighted by atomic mass is 10.1. The summed E-state index contributed by atoms with van der Waals surface area (Å²) in [5.41, 5.74) is 1.91. The van der Waals surface area contributed by atoms with E-state index < -0.39 is 6.43 Å². The van der Waals surface area contributed by atoms with Gasteiger partial charge < -0.3 is 9.26 Å². The molecule has 0 amide bonds. The molecule has 0 spiro atoms. The van der Waals surface area contributed by atoms with Gasteiger partial charge in [0.15, 0.2) is 0 Å². The summed E-state index contributed by atoms with van der Waals surface area (Å²) in [5.74, 6) is 0.631. The van der Waals surface area contributed by atoms with Crippen LogP contribution in [0.1, 0.15) is 17.7 Å². The molecule has 0 aliphatic carbocycles. The van der Waals surface area contributed by atoms with Gasteiger partial charge in [-0.25, -0.2) is 8.78 Å². The molecule has 3 aromatic rings. The number of methoxy groups -OCH3 is 1. The van der Waals surface area contributed by atoms with E-state index in [1.54, 1.807) is 7.11 Å². The van der Waals surface area contributed by atoms with Crippen molar-refractivity contribution in [3.63, 3.8) is 0 Å². The fraction of sp³-hybridized carbons (Fsp3) is 0.188. The van der Waals surface area contributed by atoms with E-state index in [1.165, 1.54) is 18.3 Å². The van der Waals surface area contributed by atoms with Gasteiger partial charge in [-0.2, -0.15) is 4.98 Å². The van der Waals surface area contributed by atoms with Crippen LogP contribution in [0, 0.1) is 0 Å². The van der Waals surface area contributed by atoms with Crippen molar-refractivity contribution in [1.29, 1.82) is 0 Å². The smallest absolute Gasteiger partial charge is 0.280 e. The minimum Gasteiger partial charge on any atom is -0.380 e. The van der Waals surface area contributed by atoms with E-state index >= 15 is 0 Å². The summed E-state index contributed by atoms with van der Waals surface area (Å²) in [5, 5.41) is 3.95. The van der Waals surface area contributed by atoms with Gasteiger partial charge in [0, 0.05) is 18.9 Å². The number of nitrogens with zero attached hydrogens (tertiary/aromatic N) is 3. The Kier molecular flexibility index (Phi) is 4.38. The van der Waals surface area contributed by atoms with E-state index in [0.29, 0.717) is 18.0 Å². The van der Waals surface area contributed by atoms with Crippen molar-refractivity contribution < 1.29 is 18.0 Å².